The first kappa shape index (κ1) is 26.3. The predicted molar refractivity (Wildman–Crippen MR) is 136 cm³/mol. The van der Waals surface area contributed by atoms with Gasteiger partial charge in [-0.15, -0.1) is 11.3 Å². The van der Waals surface area contributed by atoms with E-state index in [1.807, 2.05) is 6.92 Å². The Balaban J connectivity index is 1.82. The van der Waals surface area contributed by atoms with Gasteiger partial charge in [-0.05, 0) is 56.5 Å². The molecule has 1 aromatic carbocycles. The van der Waals surface area contributed by atoms with Crippen LogP contribution >= 0.6 is 11.3 Å². The number of carbonyl (C=O) groups excluding carboxylic acids is 2. The van der Waals surface area contributed by atoms with Crippen LogP contribution in [0.15, 0.2) is 29.2 Å². The molecule has 2 N–H and O–H groups in total. The summed E-state index contributed by atoms with van der Waals surface area (Å²) < 4.78 is 26.8. The number of sulfonamides is 1. The van der Waals surface area contributed by atoms with E-state index in [2.05, 4.69) is 29.4 Å². The van der Waals surface area contributed by atoms with E-state index in [-0.39, 0.29) is 16.7 Å². The largest absolute Gasteiger partial charge is 0.355 e. The van der Waals surface area contributed by atoms with Crippen LogP contribution in [-0.4, -0.2) is 62.7 Å². The highest BCUT2D eigenvalue weighted by Crippen LogP contribution is 2.37. The average molecular weight is 507 g/mol. The molecule has 0 unspecified atom stereocenters. The zero-order valence-electron chi connectivity index (χ0n) is 20.5. The number of fused-ring (bicyclic) bond motifs is 1. The molecule has 10 heteroatoms. The summed E-state index contributed by atoms with van der Waals surface area (Å²) in [6.07, 6.45) is 2.43. The summed E-state index contributed by atoms with van der Waals surface area (Å²) in [5.41, 5.74) is 1.84. The van der Waals surface area contributed by atoms with Crippen molar-refractivity contribution in [1.82, 2.24) is 14.5 Å². The SMILES string of the molecule is CCCCN(C)S(=O)(=O)c1ccc(C(=O)Nc2sc3c(c2C(=O)NC)CCN(C(C)C)C3)cc1. The first-order valence-corrected chi connectivity index (χ1v) is 13.8. The summed E-state index contributed by atoms with van der Waals surface area (Å²) in [4.78, 5) is 29.2. The summed E-state index contributed by atoms with van der Waals surface area (Å²) in [7, 11) is -0.461. The Morgan fingerprint density at radius 3 is 2.44 bits per heavy atom. The Labute approximate surface area is 206 Å². The molecule has 0 bridgehead atoms. The van der Waals surface area contributed by atoms with E-state index in [4.69, 9.17) is 0 Å². The zero-order chi connectivity index (χ0) is 25.0. The van der Waals surface area contributed by atoms with Crippen LogP contribution in [0.2, 0.25) is 0 Å². The monoisotopic (exact) mass is 506 g/mol. The van der Waals surface area contributed by atoms with Gasteiger partial charge >= 0.3 is 0 Å². The van der Waals surface area contributed by atoms with Gasteiger partial charge in [0.25, 0.3) is 11.8 Å². The summed E-state index contributed by atoms with van der Waals surface area (Å²) in [5.74, 6) is -0.602. The molecular formula is C24H34N4O4S2. The van der Waals surface area contributed by atoms with Crippen LogP contribution in [0.1, 0.15) is 64.8 Å². The first-order chi connectivity index (χ1) is 16.1. The number of hydrogen-bond donors (Lipinski definition) is 2. The van der Waals surface area contributed by atoms with Gasteiger partial charge < -0.3 is 10.6 Å². The molecule has 0 atom stereocenters. The molecule has 0 fully saturated rings. The Morgan fingerprint density at radius 2 is 1.85 bits per heavy atom. The van der Waals surface area contributed by atoms with Crippen molar-refractivity contribution in [2.24, 2.45) is 0 Å². The van der Waals surface area contributed by atoms with E-state index in [9.17, 15) is 18.0 Å². The molecule has 0 saturated heterocycles. The molecule has 0 saturated carbocycles. The lowest BCUT2D eigenvalue weighted by molar-refractivity contribution is 0.0962. The van der Waals surface area contributed by atoms with Gasteiger partial charge in [0.2, 0.25) is 10.0 Å². The number of nitrogens with one attached hydrogen (secondary N) is 2. The topological polar surface area (TPSA) is 98.8 Å². The minimum atomic E-state index is -3.60. The summed E-state index contributed by atoms with van der Waals surface area (Å²) in [6, 6.07) is 6.30. The predicted octanol–water partition coefficient (Wildman–Crippen LogP) is 3.55. The Bertz CT molecular complexity index is 1140. The molecule has 1 aliphatic heterocycles. The second-order valence-corrected chi connectivity index (χ2v) is 11.9. The van der Waals surface area contributed by atoms with Crippen LogP contribution in [0.5, 0.6) is 0 Å². The number of hydrogen-bond acceptors (Lipinski definition) is 6. The van der Waals surface area contributed by atoms with Crippen LogP contribution in [-0.2, 0) is 23.0 Å². The van der Waals surface area contributed by atoms with Crippen LogP contribution in [0, 0.1) is 0 Å². The van der Waals surface area contributed by atoms with E-state index in [1.54, 1.807) is 14.1 Å². The minimum Gasteiger partial charge on any atom is -0.355 e. The number of nitrogens with zero attached hydrogens (tertiary/aromatic N) is 2. The molecule has 8 nitrogen and oxygen atoms in total. The van der Waals surface area contributed by atoms with Crippen LogP contribution < -0.4 is 10.6 Å². The van der Waals surface area contributed by atoms with Crippen molar-refractivity contribution in [1.29, 1.82) is 0 Å². The minimum absolute atomic E-state index is 0.147. The number of rotatable bonds is 9. The third-order valence-corrected chi connectivity index (χ3v) is 9.15. The molecule has 1 aliphatic rings. The summed E-state index contributed by atoms with van der Waals surface area (Å²) in [5, 5.41) is 6.10. The fraction of sp³-hybridized carbons (Fsp3) is 0.500. The van der Waals surface area contributed by atoms with Crippen molar-refractivity contribution in [3.05, 3.63) is 45.8 Å². The highest BCUT2D eigenvalue weighted by atomic mass is 32.2. The smallest absolute Gasteiger partial charge is 0.256 e. The molecular weight excluding hydrogens is 472 g/mol. The van der Waals surface area contributed by atoms with Crippen molar-refractivity contribution in [2.75, 3.05) is 32.5 Å². The van der Waals surface area contributed by atoms with Crippen LogP contribution in [0.3, 0.4) is 0 Å². The molecule has 186 valence electrons. The fourth-order valence-corrected chi connectivity index (χ4v) is 6.43. The lowest BCUT2D eigenvalue weighted by atomic mass is 10.0. The Morgan fingerprint density at radius 1 is 1.18 bits per heavy atom. The standard InChI is InChI=1S/C24H34N4O4S2/c1-6-7-13-27(5)34(31,32)18-10-8-17(9-11-18)22(29)26-24-21(23(30)25-4)19-12-14-28(16(2)3)15-20(19)33-24/h8-11,16H,6-7,12-15H2,1-5H3,(H,25,30)(H,26,29). The molecule has 2 amide bonds. The van der Waals surface area contributed by atoms with Gasteiger partial charge in [-0.2, -0.15) is 0 Å². The maximum absolute atomic E-state index is 13.0. The van der Waals surface area contributed by atoms with E-state index in [1.165, 1.54) is 39.9 Å². The molecule has 2 heterocycles. The Kier molecular flexibility index (Phi) is 8.51. The van der Waals surface area contributed by atoms with Gasteiger partial charge in [0.1, 0.15) is 5.00 Å². The van der Waals surface area contributed by atoms with Crippen LogP contribution in [0.4, 0.5) is 5.00 Å². The highest BCUT2D eigenvalue weighted by Gasteiger charge is 2.29. The number of unbranched alkanes of at least 4 members (excludes halogenated alkanes) is 1. The Hall–Kier alpha value is -2.27. The summed E-state index contributed by atoms with van der Waals surface area (Å²) >= 11 is 1.43. The maximum Gasteiger partial charge on any atom is 0.256 e. The van der Waals surface area contributed by atoms with Crippen molar-refractivity contribution >= 4 is 38.2 Å². The van der Waals surface area contributed by atoms with Crippen molar-refractivity contribution in [3.63, 3.8) is 0 Å². The molecule has 3 rings (SSSR count). The normalized spacial score (nSPS) is 14.3. The number of carbonyl (C=O) groups is 2. The third kappa shape index (κ3) is 5.51. The lowest BCUT2D eigenvalue weighted by Gasteiger charge is -2.30. The second kappa shape index (κ2) is 11.0. The molecule has 0 aliphatic carbocycles. The molecule has 0 radical (unpaired) electrons. The quantitative estimate of drug-likeness (QED) is 0.542. The van der Waals surface area contributed by atoms with Gasteiger partial charge in [0, 0.05) is 50.2 Å². The highest BCUT2D eigenvalue weighted by molar-refractivity contribution is 7.89. The zero-order valence-corrected chi connectivity index (χ0v) is 22.1. The molecule has 0 spiro atoms. The van der Waals surface area contributed by atoms with Crippen LogP contribution in [0.25, 0.3) is 0 Å². The van der Waals surface area contributed by atoms with Gasteiger partial charge in [0.15, 0.2) is 0 Å². The van der Waals surface area contributed by atoms with Crippen molar-refractivity contribution < 1.29 is 18.0 Å². The van der Waals surface area contributed by atoms with Gasteiger partial charge in [-0.3, -0.25) is 14.5 Å². The number of anilines is 1. The second-order valence-electron chi connectivity index (χ2n) is 8.76. The fourth-order valence-electron chi connectivity index (χ4n) is 3.95. The molecule has 34 heavy (non-hydrogen) atoms. The van der Waals surface area contributed by atoms with Gasteiger partial charge in [0.05, 0.1) is 10.5 Å². The number of benzene rings is 1. The maximum atomic E-state index is 13.0. The average Bonchev–Trinajstić information content (AvgIpc) is 3.18. The van der Waals surface area contributed by atoms with Gasteiger partial charge in [-0.1, -0.05) is 13.3 Å². The lowest BCUT2D eigenvalue weighted by Crippen LogP contribution is -2.35. The summed E-state index contributed by atoms with van der Waals surface area (Å²) in [6.45, 7) is 8.35. The number of amides is 2. The van der Waals surface area contributed by atoms with E-state index in [0.717, 1.165) is 42.8 Å². The molecule has 1 aromatic heterocycles. The van der Waals surface area contributed by atoms with E-state index < -0.39 is 10.0 Å². The van der Waals surface area contributed by atoms with Crippen molar-refractivity contribution in [2.45, 2.75) is 57.5 Å². The third-order valence-electron chi connectivity index (χ3n) is 6.15. The van der Waals surface area contributed by atoms with E-state index >= 15 is 0 Å². The first-order valence-electron chi connectivity index (χ1n) is 11.6. The number of thiophene rings is 1. The molecule has 2 aromatic rings. The van der Waals surface area contributed by atoms with Crippen molar-refractivity contribution in [3.8, 4) is 0 Å². The van der Waals surface area contributed by atoms with E-state index in [0.29, 0.717) is 28.7 Å². The van der Waals surface area contributed by atoms with Gasteiger partial charge in [-0.25, -0.2) is 12.7 Å².